The number of nitrogens with two attached hydrogens (primary N) is 1. The zero-order valence-corrected chi connectivity index (χ0v) is 6.79. The van der Waals surface area contributed by atoms with Gasteiger partial charge in [-0.1, -0.05) is 6.92 Å². The van der Waals surface area contributed by atoms with Crippen LogP contribution in [0.25, 0.3) is 0 Å². The quantitative estimate of drug-likeness (QED) is 0.592. The summed E-state index contributed by atoms with van der Waals surface area (Å²) in [6.45, 7) is 2.09. The van der Waals surface area contributed by atoms with Gasteiger partial charge in [0.2, 0.25) is 0 Å². The monoisotopic (exact) mass is 157 g/mol. The average molecular weight is 157 g/mol. The maximum Gasteiger partial charge on any atom is 0.306 e. The van der Waals surface area contributed by atoms with Gasteiger partial charge in [0.25, 0.3) is 0 Å². The van der Waals surface area contributed by atoms with Gasteiger partial charge in [-0.2, -0.15) is 0 Å². The molecule has 1 fully saturated rings. The molecule has 0 saturated heterocycles. The van der Waals surface area contributed by atoms with Gasteiger partial charge in [0.15, 0.2) is 0 Å². The highest BCUT2D eigenvalue weighted by Crippen LogP contribution is 2.27. The van der Waals surface area contributed by atoms with Gasteiger partial charge in [-0.15, -0.1) is 0 Å². The molecule has 0 aromatic rings. The highest BCUT2D eigenvalue weighted by atomic mass is 16.4. The van der Waals surface area contributed by atoms with E-state index in [9.17, 15) is 4.79 Å². The Morgan fingerprint density at radius 3 is 2.64 bits per heavy atom. The Labute approximate surface area is 66.6 Å². The van der Waals surface area contributed by atoms with Crippen molar-refractivity contribution in [2.24, 2.45) is 17.6 Å². The summed E-state index contributed by atoms with van der Waals surface area (Å²) in [5.41, 5.74) is 5.74. The van der Waals surface area contributed by atoms with E-state index in [-0.39, 0.29) is 12.0 Å². The lowest BCUT2D eigenvalue weighted by molar-refractivity contribution is -0.143. The van der Waals surface area contributed by atoms with E-state index in [1.807, 2.05) is 0 Å². The fourth-order valence-electron chi connectivity index (χ4n) is 1.58. The first kappa shape index (κ1) is 8.53. The molecular formula is C8H15NO2. The lowest BCUT2D eigenvalue weighted by Gasteiger charge is -2.29. The fourth-order valence-corrected chi connectivity index (χ4v) is 1.58. The molecule has 0 amide bonds. The van der Waals surface area contributed by atoms with Crippen molar-refractivity contribution in [1.82, 2.24) is 0 Å². The van der Waals surface area contributed by atoms with Gasteiger partial charge < -0.3 is 10.8 Å². The number of aliphatic carboxylic acids is 1. The molecule has 3 N–H and O–H groups in total. The van der Waals surface area contributed by atoms with E-state index >= 15 is 0 Å². The normalized spacial score (nSPS) is 38.5. The smallest absolute Gasteiger partial charge is 0.306 e. The summed E-state index contributed by atoms with van der Waals surface area (Å²) in [4.78, 5) is 10.6. The van der Waals surface area contributed by atoms with Gasteiger partial charge in [0.1, 0.15) is 0 Å². The second-order valence-corrected chi connectivity index (χ2v) is 3.49. The van der Waals surface area contributed by atoms with Crippen LogP contribution in [0.15, 0.2) is 0 Å². The third-order valence-electron chi connectivity index (χ3n) is 2.61. The summed E-state index contributed by atoms with van der Waals surface area (Å²) < 4.78 is 0. The standard InChI is InChI=1S/C8H15NO2/c1-5-2-3-6(8(10)11)4-7(5)9/h5-7H,2-4,9H2,1H3,(H,10,11)/t5-,6+,7+/m1/s1. The molecule has 0 heterocycles. The van der Waals surface area contributed by atoms with E-state index in [4.69, 9.17) is 10.8 Å². The molecule has 3 atom stereocenters. The molecule has 0 aromatic heterocycles. The van der Waals surface area contributed by atoms with Gasteiger partial charge in [0.05, 0.1) is 5.92 Å². The van der Waals surface area contributed by atoms with Crippen molar-refractivity contribution in [2.45, 2.75) is 32.2 Å². The Kier molecular flexibility index (Phi) is 2.49. The molecule has 3 heteroatoms. The Morgan fingerprint density at radius 2 is 2.18 bits per heavy atom. The number of carboxylic acid groups (broad SMARTS) is 1. The van der Waals surface area contributed by atoms with E-state index in [1.165, 1.54) is 0 Å². The highest BCUT2D eigenvalue weighted by Gasteiger charge is 2.28. The van der Waals surface area contributed by atoms with Crippen molar-refractivity contribution in [3.8, 4) is 0 Å². The molecule has 64 valence electrons. The van der Waals surface area contributed by atoms with Crippen LogP contribution >= 0.6 is 0 Å². The molecule has 1 aliphatic rings. The van der Waals surface area contributed by atoms with Crippen LogP contribution in [-0.2, 0) is 4.79 Å². The highest BCUT2D eigenvalue weighted by molar-refractivity contribution is 5.70. The number of rotatable bonds is 1. The summed E-state index contributed by atoms with van der Waals surface area (Å²) in [5.74, 6) is -0.390. The molecule has 3 nitrogen and oxygen atoms in total. The lowest BCUT2D eigenvalue weighted by Crippen LogP contribution is -2.37. The minimum Gasteiger partial charge on any atom is -0.481 e. The van der Waals surface area contributed by atoms with Crippen molar-refractivity contribution < 1.29 is 9.90 Å². The van der Waals surface area contributed by atoms with Crippen LogP contribution in [0.3, 0.4) is 0 Å². The van der Waals surface area contributed by atoms with Crippen LogP contribution in [0.5, 0.6) is 0 Å². The summed E-state index contributed by atoms with van der Waals surface area (Å²) in [7, 11) is 0. The van der Waals surface area contributed by atoms with Crippen molar-refractivity contribution in [3.63, 3.8) is 0 Å². The molecule has 11 heavy (non-hydrogen) atoms. The lowest BCUT2D eigenvalue weighted by atomic mass is 9.80. The summed E-state index contributed by atoms with van der Waals surface area (Å²) in [5, 5.41) is 8.69. The van der Waals surface area contributed by atoms with Crippen molar-refractivity contribution in [1.29, 1.82) is 0 Å². The largest absolute Gasteiger partial charge is 0.481 e. The minimum atomic E-state index is -0.688. The predicted octanol–water partition coefficient (Wildman–Crippen LogP) is 0.835. The second kappa shape index (κ2) is 3.22. The molecule has 0 bridgehead atoms. The zero-order valence-electron chi connectivity index (χ0n) is 6.79. The molecule has 0 aliphatic heterocycles. The van der Waals surface area contributed by atoms with E-state index in [0.29, 0.717) is 12.3 Å². The van der Waals surface area contributed by atoms with Crippen LogP contribution in [0, 0.1) is 11.8 Å². The van der Waals surface area contributed by atoms with Crippen LogP contribution < -0.4 is 5.73 Å². The first-order chi connectivity index (χ1) is 5.11. The van der Waals surface area contributed by atoms with Crippen molar-refractivity contribution in [2.75, 3.05) is 0 Å². The molecule has 0 radical (unpaired) electrons. The van der Waals surface area contributed by atoms with E-state index in [2.05, 4.69) is 6.92 Å². The Hall–Kier alpha value is -0.570. The van der Waals surface area contributed by atoms with Gasteiger partial charge in [0, 0.05) is 6.04 Å². The van der Waals surface area contributed by atoms with Gasteiger partial charge in [-0.05, 0) is 25.2 Å². The van der Waals surface area contributed by atoms with E-state index in [1.54, 1.807) is 0 Å². The van der Waals surface area contributed by atoms with Crippen LogP contribution in [0.1, 0.15) is 26.2 Å². The predicted molar refractivity (Wildman–Crippen MR) is 42.1 cm³/mol. The minimum absolute atomic E-state index is 0.0878. The number of hydrogen-bond acceptors (Lipinski definition) is 2. The summed E-state index contributed by atoms with van der Waals surface area (Å²) in [6, 6.07) is 0.0878. The third-order valence-corrected chi connectivity index (χ3v) is 2.61. The zero-order chi connectivity index (χ0) is 8.43. The first-order valence-electron chi connectivity index (χ1n) is 4.09. The van der Waals surface area contributed by atoms with Crippen molar-refractivity contribution >= 4 is 5.97 Å². The molecule has 0 spiro atoms. The summed E-state index contributed by atoms with van der Waals surface area (Å²) >= 11 is 0. The van der Waals surface area contributed by atoms with Crippen LogP contribution in [0.4, 0.5) is 0 Å². The average Bonchev–Trinajstić information content (AvgIpc) is 1.94. The SMILES string of the molecule is C[C@@H]1CC[C@H](C(=O)O)C[C@@H]1N. The van der Waals surface area contributed by atoms with Crippen LogP contribution in [0.2, 0.25) is 0 Å². The molecule has 1 aliphatic carbocycles. The molecule has 0 unspecified atom stereocenters. The van der Waals surface area contributed by atoms with Crippen molar-refractivity contribution in [3.05, 3.63) is 0 Å². The third kappa shape index (κ3) is 1.93. The fraction of sp³-hybridized carbons (Fsp3) is 0.875. The number of carbonyl (C=O) groups is 1. The Morgan fingerprint density at radius 1 is 1.55 bits per heavy atom. The Bertz CT molecular complexity index is 158. The van der Waals surface area contributed by atoms with Gasteiger partial charge >= 0.3 is 5.97 Å². The topological polar surface area (TPSA) is 63.3 Å². The first-order valence-corrected chi connectivity index (χ1v) is 4.09. The molecular weight excluding hydrogens is 142 g/mol. The maximum absolute atomic E-state index is 10.6. The second-order valence-electron chi connectivity index (χ2n) is 3.49. The molecule has 1 rings (SSSR count). The maximum atomic E-state index is 10.6. The summed E-state index contributed by atoms with van der Waals surface area (Å²) in [6.07, 6.45) is 2.40. The molecule has 0 aromatic carbocycles. The Balaban J connectivity index is 2.46. The van der Waals surface area contributed by atoms with E-state index in [0.717, 1.165) is 12.8 Å². The molecule has 1 saturated carbocycles. The van der Waals surface area contributed by atoms with E-state index < -0.39 is 5.97 Å². The van der Waals surface area contributed by atoms with Gasteiger partial charge in [-0.25, -0.2) is 0 Å². The number of carboxylic acids is 1. The van der Waals surface area contributed by atoms with Gasteiger partial charge in [-0.3, -0.25) is 4.79 Å². The van der Waals surface area contributed by atoms with Crippen LogP contribution in [-0.4, -0.2) is 17.1 Å². The number of hydrogen-bond donors (Lipinski definition) is 2.